The number of esters is 1. The average molecular weight is 351 g/mol. The number of benzene rings is 1. The molecule has 0 spiro atoms. The Labute approximate surface area is 143 Å². The Balaban J connectivity index is 2.18. The molecule has 0 bridgehead atoms. The van der Waals surface area contributed by atoms with Crippen molar-refractivity contribution in [3.05, 3.63) is 51.4 Å². The highest BCUT2D eigenvalue weighted by atomic mass is 35.5. The fourth-order valence-electron chi connectivity index (χ4n) is 2.93. The van der Waals surface area contributed by atoms with Crippen molar-refractivity contribution < 1.29 is 19.2 Å². The second-order valence-corrected chi connectivity index (χ2v) is 5.78. The van der Waals surface area contributed by atoms with Gasteiger partial charge in [0.2, 0.25) is 11.6 Å². The fraction of sp³-hybridized carbons (Fsp3) is 0.312. The number of carbonyl (C=O) groups excluding carboxylic acids is 1. The van der Waals surface area contributed by atoms with E-state index in [2.05, 4.69) is 6.58 Å². The molecule has 2 heterocycles. The molecule has 1 aromatic rings. The monoisotopic (exact) mass is 350 g/mol. The lowest BCUT2D eigenvalue weighted by Crippen LogP contribution is -2.37. The highest BCUT2D eigenvalue weighted by Gasteiger charge is 2.42. The average Bonchev–Trinajstić information content (AvgIpc) is 2.92. The number of halogens is 1. The lowest BCUT2D eigenvalue weighted by Gasteiger charge is -2.32. The Kier molecular flexibility index (Phi) is 4.19. The first kappa shape index (κ1) is 16.3. The summed E-state index contributed by atoms with van der Waals surface area (Å²) in [6, 6.07) is 2.66. The summed E-state index contributed by atoms with van der Waals surface area (Å²) in [4.78, 5) is 24.7. The third-order valence-electron chi connectivity index (χ3n) is 3.96. The third-order valence-corrected chi connectivity index (χ3v) is 4.18. The van der Waals surface area contributed by atoms with Gasteiger partial charge in [-0.1, -0.05) is 17.7 Å². The second-order valence-electron chi connectivity index (χ2n) is 5.35. The van der Waals surface area contributed by atoms with Crippen molar-refractivity contribution in [1.82, 2.24) is 0 Å². The number of hydrogen-bond donors (Lipinski definition) is 0. The largest absolute Gasteiger partial charge is 0.462 e. The number of anilines is 1. The van der Waals surface area contributed by atoms with Gasteiger partial charge in [-0.25, -0.2) is 4.79 Å². The molecule has 0 radical (unpaired) electrons. The second kappa shape index (κ2) is 6.16. The van der Waals surface area contributed by atoms with Gasteiger partial charge >= 0.3 is 11.7 Å². The summed E-state index contributed by atoms with van der Waals surface area (Å²) in [5.74, 6) is -0.151. The first-order valence-electron chi connectivity index (χ1n) is 7.45. The maximum Gasteiger partial charge on any atom is 0.339 e. The van der Waals surface area contributed by atoms with E-state index >= 15 is 0 Å². The van der Waals surface area contributed by atoms with Crippen LogP contribution >= 0.6 is 11.6 Å². The van der Waals surface area contributed by atoms with Gasteiger partial charge in [-0.3, -0.25) is 10.1 Å². The van der Waals surface area contributed by atoms with Crippen LogP contribution in [0.1, 0.15) is 19.8 Å². The SMILES string of the molecule is C=C[C@H]1CCC(C(=O)OCC)=C2Oc3c(cc(Cl)cc3[N+](=O)[O-])N21. The molecule has 2 aliphatic heterocycles. The van der Waals surface area contributed by atoms with Gasteiger partial charge in [-0.2, -0.15) is 0 Å². The molecule has 0 aromatic heterocycles. The number of hydrogen-bond acceptors (Lipinski definition) is 6. The molecule has 7 nitrogen and oxygen atoms in total. The first-order chi connectivity index (χ1) is 11.5. The van der Waals surface area contributed by atoms with Crippen LogP contribution in [-0.2, 0) is 9.53 Å². The highest BCUT2D eigenvalue weighted by Crippen LogP contribution is 2.51. The molecule has 1 aromatic carbocycles. The number of ether oxygens (including phenoxy) is 2. The standard InChI is InChI=1S/C16H15ClN2O5/c1-3-10-5-6-11(16(20)23-4-2)15-18(10)12-7-9(17)8-13(19(21)22)14(12)24-15/h3,7-8,10H,1,4-6H2,2H3/t10-/m0/s1. The molecule has 0 unspecified atom stereocenters. The Hall–Kier alpha value is -2.54. The number of nitrogens with zero attached hydrogens (tertiary/aromatic N) is 2. The third kappa shape index (κ3) is 2.50. The van der Waals surface area contributed by atoms with Crippen molar-refractivity contribution in [2.24, 2.45) is 0 Å². The van der Waals surface area contributed by atoms with Crippen LogP contribution in [0.15, 0.2) is 36.2 Å². The van der Waals surface area contributed by atoms with Gasteiger partial charge in [0.25, 0.3) is 0 Å². The van der Waals surface area contributed by atoms with Crippen molar-refractivity contribution >= 4 is 28.9 Å². The van der Waals surface area contributed by atoms with Crippen LogP contribution in [-0.4, -0.2) is 23.5 Å². The van der Waals surface area contributed by atoms with Crippen LogP contribution in [0.5, 0.6) is 5.75 Å². The van der Waals surface area contributed by atoms with Crippen molar-refractivity contribution in [2.45, 2.75) is 25.8 Å². The zero-order valence-electron chi connectivity index (χ0n) is 13.0. The Morgan fingerprint density at radius 2 is 2.38 bits per heavy atom. The molecule has 24 heavy (non-hydrogen) atoms. The summed E-state index contributed by atoms with van der Waals surface area (Å²) < 4.78 is 10.8. The van der Waals surface area contributed by atoms with Gasteiger partial charge in [-0.15, -0.1) is 6.58 Å². The van der Waals surface area contributed by atoms with Crippen LogP contribution < -0.4 is 9.64 Å². The molecule has 0 fully saturated rings. The van der Waals surface area contributed by atoms with E-state index in [0.717, 1.165) is 0 Å². The minimum Gasteiger partial charge on any atom is -0.462 e. The zero-order valence-corrected chi connectivity index (χ0v) is 13.7. The first-order valence-corrected chi connectivity index (χ1v) is 7.83. The quantitative estimate of drug-likeness (QED) is 0.357. The normalized spacial score (nSPS) is 18.6. The topological polar surface area (TPSA) is 81.9 Å². The predicted octanol–water partition coefficient (Wildman–Crippen LogP) is 3.57. The maximum absolute atomic E-state index is 12.2. The highest BCUT2D eigenvalue weighted by molar-refractivity contribution is 6.31. The lowest BCUT2D eigenvalue weighted by molar-refractivity contribution is -0.385. The molecule has 0 aliphatic carbocycles. The van der Waals surface area contributed by atoms with Crippen molar-refractivity contribution in [3.8, 4) is 5.75 Å². The summed E-state index contributed by atoms with van der Waals surface area (Å²) >= 11 is 6.02. The number of nitro benzene ring substituents is 1. The summed E-state index contributed by atoms with van der Waals surface area (Å²) in [6.07, 6.45) is 2.77. The van der Waals surface area contributed by atoms with Gasteiger partial charge in [-0.05, 0) is 25.8 Å². The molecule has 0 amide bonds. The summed E-state index contributed by atoms with van der Waals surface area (Å²) in [7, 11) is 0. The van der Waals surface area contributed by atoms with E-state index in [1.807, 2.05) is 0 Å². The zero-order chi connectivity index (χ0) is 17.4. The molecule has 126 valence electrons. The van der Waals surface area contributed by atoms with Gasteiger partial charge in [0.1, 0.15) is 0 Å². The van der Waals surface area contributed by atoms with Crippen molar-refractivity contribution in [3.63, 3.8) is 0 Å². The fourth-order valence-corrected chi connectivity index (χ4v) is 3.14. The van der Waals surface area contributed by atoms with Crippen LogP contribution in [0.3, 0.4) is 0 Å². The lowest BCUT2D eigenvalue weighted by atomic mass is 9.99. The van der Waals surface area contributed by atoms with E-state index in [0.29, 0.717) is 24.1 Å². The minimum absolute atomic E-state index is 0.0787. The van der Waals surface area contributed by atoms with E-state index in [4.69, 9.17) is 21.1 Å². The minimum atomic E-state index is -0.559. The van der Waals surface area contributed by atoms with Crippen LogP contribution in [0, 0.1) is 10.1 Å². The van der Waals surface area contributed by atoms with E-state index in [9.17, 15) is 14.9 Å². The van der Waals surface area contributed by atoms with Gasteiger partial charge in [0, 0.05) is 11.1 Å². The number of nitro groups is 1. The summed E-state index contributed by atoms with van der Waals surface area (Å²) in [5.41, 5.74) is 0.567. The molecular formula is C16H15ClN2O5. The molecule has 8 heteroatoms. The summed E-state index contributed by atoms with van der Waals surface area (Å²) in [6.45, 7) is 5.75. The van der Waals surface area contributed by atoms with E-state index in [-0.39, 0.29) is 35.0 Å². The maximum atomic E-state index is 12.2. The van der Waals surface area contributed by atoms with Crippen LogP contribution in [0.2, 0.25) is 5.02 Å². The molecule has 1 atom stereocenters. The van der Waals surface area contributed by atoms with Gasteiger partial charge in [0.15, 0.2) is 0 Å². The van der Waals surface area contributed by atoms with Crippen LogP contribution in [0.25, 0.3) is 0 Å². The Morgan fingerprint density at radius 3 is 3.00 bits per heavy atom. The van der Waals surface area contributed by atoms with E-state index < -0.39 is 10.9 Å². The van der Waals surface area contributed by atoms with Crippen LogP contribution in [0.4, 0.5) is 11.4 Å². The number of fused-ring (bicyclic) bond motifs is 3. The molecule has 0 saturated heterocycles. The number of carbonyl (C=O) groups is 1. The molecule has 2 aliphatic rings. The molecule has 0 N–H and O–H groups in total. The van der Waals surface area contributed by atoms with Crippen molar-refractivity contribution in [2.75, 3.05) is 11.5 Å². The van der Waals surface area contributed by atoms with Gasteiger partial charge in [0.05, 0.1) is 28.8 Å². The Morgan fingerprint density at radius 1 is 1.62 bits per heavy atom. The summed E-state index contributed by atoms with van der Waals surface area (Å²) in [5, 5.41) is 11.5. The van der Waals surface area contributed by atoms with Gasteiger partial charge < -0.3 is 14.4 Å². The van der Waals surface area contributed by atoms with E-state index in [1.54, 1.807) is 24.0 Å². The Bertz CT molecular complexity index is 774. The molecule has 3 rings (SSSR count). The smallest absolute Gasteiger partial charge is 0.339 e. The van der Waals surface area contributed by atoms with Crippen molar-refractivity contribution in [1.29, 1.82) is 0 Å². The molecular weight excluding hydrogens is 336 g/mol. The van der Waals surface area contributed by atoms with E-state index in [1.165, 1.54) is 6.07 Å². The molecule has 0 saturated carbocycles. The predicted molar refractivity (Wildman–Crippen MR) is 88.1 cm³/mol. The number of rotatable bonds is 4.